The van der Waals surface area contributed by atoms with E-state index in [0.29, 0.717) is 28.5 Å². The summed E-state index contributed by atoms with van der Waals surface area (Å²) in [5.74, 6) is 0.298. The van der Waals surface area contributed by atoms with E-state index in [4.69, 9.17) is 0 Å². The Morgan fingerprint density at radius 3 is 2.25 bits per heavy atom. The Balaban J connectivity index is 1.46. The topological polar surface area (TPSA) is 106 Å². The lowest BCUT2D eigenvalue weighted by atomic mass is 10.2. The summed E-state index contributed by atoms with van der Waals surface area (Å²) in [4.78, 5) is 17.1. The first-order chi connectivity index (χ1) is 15.3. The van der Waals surface area contributed by atoms with Crippen molar-refractivity contribution in [2.24, 2.45) is 0 Å². The summed E-state index contributed by atoms with van der Waals surface area (Å²) in [5.41, 5.74) is 2.97. The summed E-state index contributed by atoms with van der Waals surface area (Å²) in [6.45, 7) is 3.68. The lowest BCUT2D eigenvalue weighted by Crippen LogP contribution is -2.14. The molecular formula is C23H21N5O3S. The molecule has 4 aromatic rings. The lowest BCUT2D eigenvalue weighted by Gasteiger charge is -2.10. The van der Waals surface area contributed by atoms with E-state index in [1.54, 1.807) is 78.5 Å². The summed E-state index contributed by atoms with van der Waals surface area (Å²) in [7, 11) is -3.69. The van der Waals surface area contributed by atoms with Crippen molar-refractivity contribution in [3.8, 4) is 5.82 Å². The van der Waals surface area contributed by atoms with Crippen LogP contribution in [0.2, 0.25) is 0 Å². The fourth-order valence-corrected chi connectivity index (χ4v) is 4.15. The molecular weight excluding hydrogens is 426 g/mol. The zero-order chi connectivity index (χ0) is 22.7. The van der Waals surface area contributed by atoms with Crippen LogP contribution in [0, 0.1) is 13.8 Å². The summed E-state index contributed by atoms with van der Waals surface area (Å²) < 4.78 is 29.2. The molecule has 9 heteroatoms. The minimum absolute atomic E-state index is 0.181. The Kier molecular flexibility index (Phi) is 5.74. The molecule has 0 fully saturated rings. The molecule has 0 saturated carbocycles. The Labute approximate surface area is 186 Å². The van der Waals surface area contributed by atoms with E-state index in [0.717, 1.165) is 5.56 Å². The largest absolute Gasteiger partial charge is 0.322 e. The molecule has 2 aromatic carbocycles. The van der Waals surface area contributed by atoms with Gasteiger partial charge in [0.25, 0.3) is 15.9 Å². The molecule has 4 rings (SSSR count). The van der Waals surface area contributed by atoms with E-state index >= 15 is 0 Å². The highest BCUT2D eigenvalue weighted by atomic mass is 32.2. The minimum Gasteiger partial charge on any atom is -0.322 e. The van der Waals surface area contributed by atoms with Crippen molar-refractivity contribution in [2.75, 3.05) is 10.0 Å². The van der Waals surface area contributed by atoms with Gasteiger partial charge in [0.2, 0.25) is 0 Å². The van der Waals surface area contributed by atoms with Crippen LogP contribution in [-0.2, 0) is 10.0 Å². The predicted molar refractivity (Wildman–Crippen MR) is 122 cm³/mol. The molecule has 32 heavy (non-hydrogen) atoms. The zero-order valence-electron chi connectivity index (χ0n) is 17.5. The summed E-state index contributed by atoms with van der Waals surface area (Å²) in [6.07, 6.45) is 3.15. The van der Waals surface area contributed by atoms with E-state index in [1.165, 1.54) is 6.20 Å². The number of sulfonamides is 1. The van der Waals surface area contributed by atoms with Gasteiger partial charge in [-0.2, -0.15) is 5.10 Å². The van der Waals surface area contributed by atoms with Crippen LogP contribution in [0.3, 0.4) is 0 Å². The number of rotatable bonds is 6. The summed E-state index contributed by atoms with van der Waals surface area (Å²) >= 11 is 0. The van der Waals surface area contributed by atoms with Crippen molar-refractivity contribution in [1.82, 2.24) is 14.8 Å². The van der Waals surface area contributed by atoms with Gasteiger partial charge >= 0.3 is 0 Å². The summed E-state index contributed by atoms with van der Waals surface area (Å²) in [5, 5.41) is 7.06. The van der Waals surface area contributed by atoms with Gasteiger partial charge in [-0.05, 0) is 62.4 Å². The molecule has 0 unspecified atom stereocenters. The first kappa shape index (κ1) is 21.3. The van der Waals surface area contributed by atoms with Crippen LogP contribution in [0.1, 0.15) is 21.6 Å². The van der Waals surface area contributed by atoms with Crippen LogP contribution in [0.25, 0.3) is 5.82 Å². The third-order valence-corrected chi connectivity index (χ3v) is 6.24. The average Bonchev–Trinajstić information content (AvgIpc) is 3.17. The van der Waals surface area contributed by atoms with Crippen molar-refractivity contribution in [1.29, 1.82) is 0 Å². The SMILES string of the molecule is Cc1ccc(S(=O)(=O)Nc2ccc(NC(=O)c3cnn(-c4ccccn4)c3C)cc2)cc1. The van der Waals surface area contributed by atoms with Crippen LogP contribution in [0.4, 0.5) is 11.4 Å². The number of hydrogen-bond acceptors (Lipinski definition) is 5. The number of pyridine rings is 1. The number of amides is 1. The molecule has 0 spiro atoms. The quantitative estimate of drug-likeness (QED) is 0.466. The highest BCUT2D eigenvalue weighted by molar-refractivity contribution is 7.92. The molecule has 0 atom stereocenters. The van der Waals surface area contributed by atoms with Gasteiger partial charge in [0.05, 0.1) is 22.3 Å². The molecule has 0 radical (unpaired) electrons. The van der Waals surface area contributed by atoms with E-state index < -0.39 is 10.0 Å². The van der Waals surface area contributed by atoms with Gasteiger partial charge in [-0.15, -0.1) is 0 Å². The van der Waals surface area contributed by atoms with E-state index in [1.807, 2.05) is 13.0 Å². The Morgan fingerprint density at radius 1 is 0.906 bits per heavy atom. The number of hydrogen-bond donors (Lipinski definition) is 2. The number of anilines is 2. The summed E-state index contributed by atoms with van der Waals surface area (Å²) in [6, 6.07) is 18.5. The van der Waals surface area contributed by atoms with E-state index in [9.17, 15) is 13.2 Å². The van der Waals surface area contributed by atoms with Gasteiger partial charge in [0.1, 0.15) is 0 Å². The van der Waals surface area contributed by atoms with Crippen LogP contribution < -0.4 is 10.0 Å². The van der Waals surface area contributed by atoms with E-state index in [-0.39, 0.29) is 10.8 Å². The van der Waals surface area contributed by atoms with E-state index in [2.05, 4.69) is 20.1 Å². The Morgan fingerprint density at radius 2 is 1.59 bits per heavy atom. The molecule has 2 N–H and O–H groups in total. The number of nitrogens with one attached hydrogen (secondary N) is 2. The number of aromatic nitrogens is 3. The Bertz CT molecular complexity index is 1350. The van der Waals surface area contributed by atoms with Gasteiger partial charge < -0.3 is 5.32 Å². The fraction of sp³-hybridized carbons (Fsp3) is 0.0870. The third-order valence-electron chi connectivity index (χ3n) is 4.85. The van der Waals surface area contributed by atoms with Gasteiger partial charge in [-0.1, -0.05) is 23.8 Å². The second kappa shape index (κ2) is 8.64. The number of aryl methyl sites for hydroxylation is 1. The molecule has 8 nitrogen and oxygen atoms in total. The van der Waals surface area contributed by atoms with Crippen LogP contribution in [-0.4, -0.2) is 29.1 Å². The molecule has 0 aliphatic rings. The van der Waals surface area contributed by atoms with Crippen LogP contribution in [0.5, 0.6) is 0 Å². The molecule has 162 valence electrons. The van der Waals surface area contributed by atoms with Gasteiger partial charge in [-0.3, -0.25) is 9.52 Å². The number of benzene rings is 2. The molecule has 2 aromatic heterocycles. The smallest absolute Gasteiger partial charge is 0.261 e. The fourth-order valence-electron chi connectivity index (χ4n) is 3.09. The average molecular weight is 448 g/mol. The standard InChI is InChI=1S/C23H21N5O3S/c1-16-6-12-20(13-7-16)32(30,31)27-19-10-8-18(9-11-19)26-23(29)21-15-25-28(17(21)2)22-5-3-4-14-24-22/h3-15,27H,1-2H3,(H,26,29). The Hall–Kier alpha value is -3.98. The number of carbonyl (C=O) groups is 1. The lowest BCUT2D eigenvalue weighted by molar-refractivity contribution is 0.102. The monoisotopic (exact) mass is 447 g/mol. The maximum absolute atomic E-state index is 12.7. The molecule has 2 heterocycles. The highest BCUT2D eigenvalue weighted by Gasteiger charge is 2.17. The van der Waals surface area contributed by atoms with Crippen molar-refractivity contribution in [2.45, 2.75) is 18.7 Å². The first-order valence-corrected chi connectivity index (χ1v) is 11.3. The predicted octanol–water partition coefficient (Wildman–Crippen LogP) is 3.94. The van der Waals surface area contributed by atoms with Crippen molar-refractivity contribution < 1.29 is 13.2 Å². The van der Waals surface area contributed by atoms with Crippen LogP contribution >= 0.6 is 0 Å². The maximum Gasteiger partial charge on any atom is 0.261 e. The highest BCUT2D eigenvalue weighted by Crippen LogP contribution is 2.20. The van der Waals surface area contributed by atoms with Crippen molar-refractivity contribution >= 4 is 27.3 Å². The minimum atomic E-state index is -3.69. The third kappa shape index (κ3) is 4.52. The second-order valence-corrected chi connectivity index (χ2v) is 8.88. The van der Waals surface area contributed by atoms with Gasteiger partial charge in [0, 0.05) is 17.6 Å². The second-order valence-electron chi connectivity index (χ2n) is 7.19. The van der Waals surface area contributed by atoms with Crippen LogP contribution in [0.15, 0.2) is 84.0 Å². The van der Waals surface area contributed by atoms with Crippen molar-refractivity contribution in [3.05, 3.63) is 95.9 Å². The molecule has 0 bridgehead atoms. The zero-order valence-corrected chi connectivity index (χ0v) is 18.3. The maximum atomic E-state index is 12.7. The number of carbonyl (C=O) groups excluding carboxylic acids is 1. The normalized spacial score (nSPS) is 11.2. The first-order valence-electron chi connectivity index (χ1n) is 9.80. The van der Waals surface area contributed by atoms with Crippen molar-refractivity contribution in [3.63, 3.8) is 0 Å². The molecule has 0 aliphatic carbocycles. The van der Waals surface area contributed by atoms with Gasteiger partial charge in [-0.25, -0.2) is 18.1 Å². The van der Waals surface area contributed by atoms with Gasteiger partial charge in [0.15, 0.2) is 5.82 Å². The molecule has 1 amide bonds. The molecule has 0 aliphatic heterocycles. The molecule has 0 saturated heterocycles. The number of nitrogens with zero attached hydrogens (tertiary/aromatic N) is 3.